The predicted octanol–water partition coefficient (Wildman–Crippen LogP) is 5.34. The first-order valence-corrected chi connectivity index (χ1v) is 11.1. The smallest absolute Gasteiger partial charge is 0.178 e. The zero-order valence-electron chi connectivity index (χ0n) is 19.0. The Bertz CT molecular complexity index is 1790. The molecule has 0 saturated carbocycles. The maximum absolute atomic E-state index is 13.8. The van der Waals surface area contributed by atoms with Crippen molar-refractivity contribution in [2.75, 3.05) is 0 Å². The van der Waals surface area contributed by atoms with Gasteiger partial charge in [0.2, 0.25) is 0 Å². The Labute approximate surface area is 204 Å². The molecule has 6 rings (SSSR count). The highest BCUT2D eigenvalue weighted by atomic mass is 19.1. The molecule has 0 amide bonds. The van der Waals surface area contributed by atoms with Gasteiger partial charge in [0.25, 0.3) is 0 Å². The monoisotopic (exact) mass is 477 g/mol. The Morgan fingerprint density at radius 2 is 1.69 bits per heavy atom. The zero-order valence-corrected chi connectivity index (χ0v) is 19.0. The minimum Gasteiger partial charge on any atom is -0.322 e. The van der Waals surface area contributed by atoms with Gasteiger partial charge in [0.05, 0.1) is 40.9 Å². The average Bonchev–Trinajstić information content (AvgIpc) is 3.43. The van der Waals surface area contributed by atoms with Crippen LogP contribution in [0.5, 0.6) is 0 Å². The number of nitriles is 1. The van der Waals surface area contributed by atoms with Crippen molar-refractivity contribution in [3.05, 3.63) is 102 Å². The van der Waals surface area contributed by atoms with Crippen LogP contribution in [0.4, 0.5) is 8.78 Å². The number of imidazole rings is 1. The summed E-state index contributed by atoms with van der Waals surface area (Å²) >= 11 is 0. The number of rotatable bonds is 4. The van der Waals surface area contributed by atoms with Crippen LogP contribution >= 0.6 is 0 Å². The summed E-state index contributed by atoms with van der Waals surface area (Å²) in [5.74, 6) is -0.567. The first-order chi connectivity index (χ1) is 17.5. The Hall–Kier alpha value is -4.97. The van der Waals surface area contributed by atoms with Gasteiger partial charge in [0.1, 0.15) is 23.0 Å². The molecule has 7 nitrogen and oxygen atoms in total. The number of benzene rings is 2. The zero-order chi connectivity index (χ0) is 24.8. The van der Waals surface area contributed by atoms with Crippen molar-refractivity contribution in [2.45, 2.75) is 13.5 Å². The predicted molar refractivity (Wildman–Crippen MR) is 130 cm³/mol. The maximum Gasteiger partial charge on any atom is 0.178 e. The maximum atomic E-state index is 13.8. The van der Waals surface area contributed by atoms with Crippen molar-refractivity contribution in [3.8, 4) is 23.0 Å². The summed E-state index contributed by atoms with van der Waals surface area (Å²) in [5.41, 5.74) is 5.96. The van der Waals surface area contributed by atoms with Gasteiger partial charge < -0.3 is 4.57 Å². The number of pyridine rings is 1. The molecule has 0 aliphatic rings. The molecule has 0 spiro atoms. The number of hydrogen-bond acceptors (Lipinski definition) is 5. The van der Waals surface area contributed by atoms with E-state index in [1.54, 1.807) is 24.5 Å². The van der Waals surface area contributed by atoms with Crippen LogP contribution in [0.2, 0.25) is 0 Å². The minimum absolute atomic E-state index is 0.247. The van der Waals surface area contributed by atoms with Gasteiger partial charge >= 0.3 is 0 Å². The molecule has 0 unspecified atom stereocenters. The van der Waals surface area contributed by atoms with Crippen LogP contribution in [-0.2, 0) is 6.54 Å². The van der Waals surface area contributed by atoms with E-state index in [-0.39, 0.29) is 6.54 Å². The number of fused-ring (bicyclic) bond motifs is 2. The molecule has 9 heteroatoms. The summed E-state index contributed by atoms with van der Waals surface area (Å²) in [6.45, 7) is 2.08. The highest BCUT2D eigenvalue weighted by Gasteiger charge is 2.14. The summed E-state index contributed by atoms with van der Waals surface area (Å²) in [5, 5.41) is 9.05. The van der Waals surface area contributed by atoms with E-state index in [9.17, 15) is 8.78 Å². The summed E-state index contributed by atoms with van der Waals surface area (Å²) in [6, 6.07) is 16.5. The molecule has 0 aliphatic heterocycles. The Morgan fingerprint density at radius 3 is 2.44 bits per heavy atom. The van der Waals surface area contributed by atoms with Gasteiger partial charge in [0, 0.05) is 24.4 Å². The standard InChI is InChI=1S/C27H17F2N7/c1-16-33-26-25(36(16)15-18-8-20(28)10-21(29)9-18)11-22(13-32-26)35-7-6-23-27(35)34-24(14-31-23)19-4-2-17(12-30)3-5-19/h2-11,13-14H,15H2,1H3. The van der Waals surface area contributed by atoms with Gasteiger partial charge in [-0.2, -0.15) is 5.26 Å². The van der Waals surface area contributed by atoms with E-state index in [1.165, 1.54) is 12.1 Å². The number of aromatic nitrogens is 6. The van der Waals surface area contributed by atoms with Gasteiger partial charge in [-0.25, -0.2) is 23.7 Å². The van der Waals surface area contributed by atoms with Crippen molar-refractivity contribution >= 4 is 22.3 Å². The molecule has 4 aromatic heterocycles. The quantitative estimate of drug-likeness (QED) is 0.342. The van der Waals surface area contributed by atoms with Crippen LogP contribution in [0, 0.1) is 29.9 Å². The Kier molecular flexibility index (Phi) is 5.00. The van der Waals surface area contributed by atoms with E-state index in [0.717, 1.165) is 22.8 Å². The fourth-order valence-corrected chi connectivity index (χ4v) is 4.29. The van der Waals surface area contributed by atoms with E-state index in [2.05, 4.69) is 21.0 Å². The van der Waals surface area contributed by atoms with Crippen molar-refractivity contribution in [2.24, 2.45) is 0 Å². The van der Waals surface area contributed by atoms with Crippen LogP contribution in [0.3, 0.4) is 0 Å². The molecule has 0 radical (unpaired) electrons. The average molecular weight is 477 g/mol. The molecule has 0 fully saturated rings. The lowest BCUT2D eigenvalue weighted by Crippen LogP contribution is -2.04. The second kappa shape index (κ2) is 8.36. The minimum atomic E-state index is -0.624. The Morgan fingerprint density at radius 1 is 0.917 bits per heavy atom. The molecule has 4 heterocycles. The summed E-state index contributed by atoms with van der Waals surface area (Å²) in [7, 11) is 0. The molecular formula is C27H17F2N7. The van der Waals surface area contributed by atoms with Gasteiger partial charge in [-0.3, -0.25) is 9.55 Å². The van der Waals surface area contributed by atoms with Crippen molar-refractivity contribution in [1.29, 1.82) is 5.26 Å². The molecule has 2 aromatic carbocycles. The number of aryl methyl sites for hydroxylation is 1. The van der Waals surface area contributed by atoms with E-state index >= 15 is 0 Å². The molecule has 0 bridgehead atoms. The number of nitrogens with zero attached hydrogens (tertiary/aromatic N) is 7. The first-order valence-electron chi connectivity index (χ1n) is 11.1. The normalized spacial score (nSPS) is 11.3. The highest BCUT2D eigenvalue weighted by Crippen LogP contribution is 2.25. The number of hydrogen-bond donors (Lipinski definition) is 0. The van der Waals surface area contributed by atoms with Crippen LogP contribution in [0.15, 0.2) is 73.2 Å². The van der Waals surface area contributed by atoms with E-state index in [0.29, 0.717) is 39.5 Å². The fourth-order valence-electron chi connectivity index (χ4n) is 4.29. The molecule has 0 atom stereocenters. The molecule has 174 valence electrons. The molecular weight excluding hydrogens is 460 g/mol. The molecule has 6 aromatic rings. The third-order valence-corrected chi connectivity index (χ3v) is 6.02. The molecule has 0 N–H and O–H groups in total. The van der Waals surface area contributed by atoms with E-state index in [1.807, 2.05) is 46.5 Å². The molecule has 0 aliphatic carbocycles. The van der Waals surface area contributed by atoms with Crippen molar-refractivity contribution in [1.82, 2.24) is 29.1 Å². The van der Waals surface area contributed by atoms with Gasteiger partial charge in [-0.05, 0) is 48.9 Å². The Balaban J connectivity index is 1.44. The highest BCUT2D eigenvalue weighted by molar-refractivity contribution is 5.79. The van der Waals surface area contributed by atoms with E-state index in [4.69, 9.17) is 10.2 Å². The molecule has 0 saturated heterocycles. The topological polar surface area (TPSA) is 85.2 Å². The van der Waals surface area contributed by atoms with Crippen molar-refractivity contribution in [3.63, 3.8) is 0 Å². The summed E-state index contributed by atoms with van der Waals surface area (Å²) < 4.78 is 31.3. The van der Waals surface area contributed by atoms with Crippen LogP contribution < -0.4 is 0 Å². The summed E-state index contributed by atoms with van der Waals surface area (Å²) in [6.07, 6.45) is 5.27. The number of halogens is 2. The van der Waals surface area contributed by atoms with E-state index < -0.39 is 11.6 Å². The largest absolute Gasteiger partial charge is 0.322 e. The molecule has 36 heavy (non-hydrogen) atoms. The lowest BCUT2D eigenvalue weighted by atomic mass is 10.1. The van der Waals surface area contributed by atoms with Gasteiger partial charge in [-0.1, -0.05) is 12.1 Å². The lowest BCUT2D eigenvalue weighted by molar-refractivity contribution is 0.577. The summed E-state index contributed by atoms with van der Waals surface area (Å²) in [4.78, 5) is 18.4. The second-order valence-corrected chi connectivity index (χ2v) is 8.40. The third-order valence-electron chi connectivity index (χ3n) is 6.02. The SMILES string of the molecule is Cc1nc2ncc(-n3ccc4ncc(-c5ccc(C#N)cc5)nc43)cc2n1Cc1cc(F)cc(F)c1. The lowest BCUT2D eigenvalue weighted by Gasteiger charge is -2.09. The van der Waals surface area contributed by atoms with Gasteiger partial charge in [-0.15, -0.1) is 0 Å². The van der Waals surface area contributed by atoms with Crippen LogP contribution in [0.25, 0.3) is 39.3 Å². The van der Waals surface area contributed by atoms with Crippen LogP contribution in [-0.4, -0.2) is 29.1 Å². The first kappa shape index (κ1) is 21.6. The van der Waals surface area contributed by atoms with Crippen LogP contribution in [0.1, 0.15) is 17.0 Å². The van der Waals surface area contributed by atoms with Crippen molar-refractivity contribution < 1.29 is 8.78 Å². The fraction of sp³-hybridized carbons (Fsp3) is 0.0741. The third kappa shape index (κ3) is 3.75. The van der Waals surface area contributed by atoms with Gasteiger partial charge in [0.15, 0.2) is 11.3 Å². The second-order valence-electron chi connectivity index (χ2n) is 8.40.